The van der Waals surface area contributed by atoms with E-state index in [4.69, 9.17) is 0 Å². The minimum atomic E-state index is -0.401. The zero-order valence-electron chi connectivity index (χ0n) is 11.3. The van der Waals surface area contributed by atoms with Crippen molar-refractivity contribution in [1.29, 1.82) is 0 Å². The Bertz CT molecular complexity index is 652. The van der Waals surface area contributed by atoms with Crippen LogP contribution in [0.1, 0.15) is 26.4 Å². The Morgan fingerprint density at radius 2 is 1.95 bits per heavy atom. The van der Waals surface area contributed by atoms with Crippen LogP contribution in [-0.2, 0) is 4.74 Å². The fraction of sp³-hybridized carbons (Fsp3) is 0.0667. The lowest BCUT2D eigenvalue weighted by molar-refractivity contribution is 0.0600. The second kappa shape index (κ2) is 6.95. The number of ether oxygens (including phenoxy) is 1. The third kappa shape index (κ3) is 3.97. The van der Waals surface area contributed by atoms with Gasteiger partial charge in [0.05, 0.1) is 18.9 Å². The van der Waals surface area contributed by atoms with Gasteiger partial charge < -0.3 is 4.74 Å². The summed E-state index contributed by atoms with van der Waals surface area (Å²) in [6.45, 7) is 0. The number of carbonyl (C=O) groups excluding carboxylic acids is 2. The van der Waals surface area contributed by atoms with E-state index in [1.165, 1.54) is 19.5 Å². The average molecular weight is 283 g/mol. The molecule has 1 heterocycles. The quantitative estimate of drug-likeness (QED) is 0.525. The van der Waals surface area contributed by atoms with Gasteiger partial charge in [0.15, 0.2) is 0 Å². The van der Waals surface area contributed by atoms with E-state index in [1.807, 2.05) is 0 Å². The molecule has 2 aromatic rings. The van der Waals surface area contributed by atoms with Gasteiger partial charge in [0.25, 0.3) is 5.91 Å². The topological polar surface area (TPSA) is 80.6 Å². The molecule has 0 fully saturated rings. The van der Waals surface area contributed by atoms with Gasteiger partial charge in [-0.1, -0.05) is 18.2 Å². The van der Waals surface area contributed by atoms with E-state index >= 15 is 0 Å². The predicted molar refractivity (Wildman–Crippen MR) is 77.1 cm³/mol. The highest BCUT2D eigenvalue weighted by Crippen LogP contribution is 2.03. The number of nitrogens with zero attached hydrogens (tertiary/aromatic N) is 2. The number of hydrogen-bond acceptors (Lipinski definition) is 5. The maximum Gasteiger partial charge on any atom is 0.337 e. The summed E-state index contributed by atoms with van der Waals surface area (Å²) in [6, 6.07) is 11.7. The van der Waals surface area contributed by atoms with Crippen LogP contribution in [0.4, 0.5) is 0 Å². The first kappa shape index (κ1) is 14.4. The fourth-order valence-corrected chi connectivity index (χ4v) is 1.54. The van der Waals surface area contributed by atoms with Crippen LogP contribution in [0.25, 0.3) is 0 Å². The third-order valence-electron chi connectivity index (χ3n) is 2.61. The molecule has 21 heavy (non-hydrogen) atoms. The molecule has 1 amide bonds. The van der Waals surface area contributed by atoms with E-state index < -0.39 is 11.9 Å². The molecule has 1 aromatic heterocycles. The molecule has 0 aliphatic carbocycles. The molecular formula is C15H13N3O3. The number of nitrogens with one attached hydrogen (secondary N) is 1. The lowest BCUT2D eigenvalue weighted by Gasteiger charge is -2.00. The summed E-state index contributed by atoms with van der Waals surface area (Å²) in [6.07, 6.45) is 3.01. The minimum absolute atomic E-state index is 0.288. The van der Waals surface area contributed by atoms with Crippen molar-refractivity contribution in [3.8, 4) is 0 Å². The van der Waals surface area contributed by atoms with Gasteiger partial charge in [-0.05, 0) is 29.8 Å². The number of hydrazone groups is 1. The number of esters is 1. The number of aromatic nitrogens is 1. The van der Waals surface area contributed by atoms with Crippen LogP contribution in [0.3, 0.4) is 0 Å². The Balaban J connectivity index is 1.95. The molecule has 0 aliphatic heterocycles. The number of methoxy groups -OCH3 is 1. The van der Waals surface area contributed by atoms with Crippen LogP contribution >= 0.6 is 0 Å². The Kier molecular flexibility index (Phi) is 4.76. The molecule has 0 atom stereocenters. The van der Waals surface area contributed by atoms with Crippen molar-refractivity contribution in [2.45, 2.75) is 0 Å². The van der Waals surface area contributed by atoms with Crippen molar-refractivity contribution in [1.82, 2.24) is 10.4 Å². The molecule has 1 aromatic carbocycles. The summed E-state index contributed by atoms with van der Waals surface area (Å²) in [4.78, 5) is 26.8. The van der Waals surface area contributed by atoms with Crippen molar-refractivity contribution in [2.24, 2.45) is 5.10 Å². The lowest BCUT2D eigenvalue weighted by Crippen LogP contribution is -2.18. The number of benzene rings is 1. The number of carbonyl (C=O) groups is 2. The first-order chi connectivity index (χ1) is 10.2. The van der Waals surface area contributed by atoms with Crippen LogP contribution in [0.15, 0.2) is 53.8 Å². The summed E-state index contributed by atoms with van der Waals surface area (Å²) < 4.78 is 4.60. The zero-order chi connectivity index (χ0) is 15.1. The van der Waals surface area contributed by atoms with E-state index in [2.05, 4.69) is 20.2 Å². The predicted octanol–water partition coefficient (Wildman–Crippen LogP) is 1.63. The van der Waals surface area contributed by atoms with E-state index in [9.17, 15) is 9.59 Å². The molecule has 0 saturated carbocycles. The van der Waals surface area contributed by atoms with Gasteiger partial charge >= 0.3 is 5.97 Å². The van der Waals surface area contributed by atoms with E-state index in [1.54, 1.807) is 42.5 Å². The van der Waals surface area contributed by atoms with Crippen LogP contribution < -0.4 is 5.43 Å². The summed E-state index contributed by atoms with van der Waals surface area (Å²) in [7, 11) is 1.32. The van der Waals surface area contributed by atoms with Crippen molar-refractivity contribution < 1.29 is 14.3 Å². The van der Waals surface area contributed by atoms with Gasteiger partial charge in [0, 0.05) is 6.20 Å². The average Bonchev–Trinajstić information content (AvgIpc) is 2.55. The number of rotatable bonds is 4. The van der Waals surface area contributed by atoms with Crippen LogP contribution in [0.2, 0.25) is 0 Å². The van der Waals surface area contributed by atoms with Crippen LogP contribution in [0, 0.1) is 0 Å². The van der Waals surface area contributed by atoms with E-state index in [0.717, 1.165) is 5.56 Å². The van der Waals surface area contributed by atoms with Gasteiger partial charge in [0.2, 0.25) is 0 Å². The summed E-state index contributed by atoms with van der Waals surface area (Å²) >= 11 is 0. The maximum absolute atomic E-state index is 11.7. The van der Waals surface area contributed by atoms with Crippen molar-refractivity contribution in [3.63, 3.8) is 0 Å². The largest absolute Gasteiger partial charge is 0.465 e. The standard InChI is InChI=1S/C15H13N3O3/c1-21-15(20)12-7-5-11(6-8-12)10-17-18-14(19)13-4-2-3-9-16-13/h2-10H,1H3,(H,18,19). The maximum atomic E-state index is 11.7. The van der Waals surface area contributed by atoms with Crippen molar-refractivity contribution in [3.05, 3.63) is 65.5 Å². The van der Waals surface area contributed by atoms with Gasteiger partial charge in [-0.15, -0.1) is 0 Å². The SMILES string of the molecule is COC(=O)c1ccc(C=NNC(=O)c2ccccn2)cc1. The minimum Gasteiger partial charge on any atom is -0.465 e. The third-order valence-corrected chi connectivity index (χ3v) is 2.61. The lowest BCUT2D eigenvalue weighted by atomic mass is 10.1. The van der Waals surface area contributed by atoms with Crippen LogP contribution in [0.5, 0.6) is 0 Å². The molecule has 2 rings (SSSR count). The molecule has 0 saturated heterocycles. The summed E-state index contributed by atoms with van der Waals surface area (Å²) in [5, 5.41) is 3.83. The smallest absolute Gasteiger partial charge is 0.337 e. The molecule has 0 aliphatic rings. The second-order valence-corrected chi connectivity index (χ2v) is 4.03. The molecule has 6 heteroatoms. The molecule has 0 spiro atoms. The molecular weight excluding hydrogens is 270 g/mol. The van der Waals surface area contributed by atoms with Gasteiger partial charge in [-0.2, -0.15) is 5.10 Å². The van der Waals surface area contributed by atoms with Gasteiger partial charge in [-0.3, -0.25) is 9.78 Å². The monoisotopic (exact) mass is 283 g/mol. The molecule has 0 bridgehead atoms. The van der Waals surface area contributed by atoms with E-state index in [0.29, 0.717) is 5.56 Å². The number of hydrogen-bond donors (Lipinski definition) is 1. The highest BCUT2D eigenvalue weighted by molar-refractivity contribution is 5.93. The zero-order valence-corrected chi connectivity index (χ0v) is 11.3. The van der Waals surface area contributed by atoms with Gasteiger partial charge in [0.1, 0.15) is 5.69 Å². The molecule has 0 radical (unpaired) electrons. The second-order valence-electron chi connectivity index (χ2n) is 4.03. The highest BCUT2D eigenvalue weighted by atomic mass is 16.5. The first-order valence-corrected chi connectivity index (χ1v) is 6.13. The molecule has 106 valence electrons. The Morgan fingerprint density at radius 1 is 1.19 bits per heavy atom. The Morgan fingerprint density at radius 3 is 2.57 bits per heavy atom. The van der Waals surface area contributed by atoms with Crippen LogP contribution in [-0.4, -0.2) is 30.2 Å². The molecule has 0 unspecified atom stereocenters. The summed E-state index contributed by atoms with van der Waals surface area (Å²) in [5.41, 5.74) is 3.85. The number of pyridine rings is 1. The molecule has 6 nitrogen and oxygen atoms in total. The first-order valence-electron chi connectivity index (χ1n) is 6.13. The van der Waals surface area contributed by atoms with Gasteiger partial charge in [-0.25, -0.2) is 10.2 Å². The normalized spacial score (nSPS) is 10.3. The highest BCUT2D eigenvalue weighted by Gasteiger charge is 2.04. The fourth-order valence-electron chi connectivity index (χ4n) is 1.54. The molecule has 1 N–H and O–H groups in total. The van der Waals surface area contributed by atoms with Crippen molar-refractivity contribution >= 4 is 18.1 Å². The Hall–Kier alpha value is -3.02. The van der Waals surface area contributed by atoms with Crippen molar-refractivity contribution in [2.75, 3.05) is 7.11 Å². The Labute approximate surface area is 121 Å². The summed E-state index contributed by atoms with van der Waals surface area (Å²) in [5.74, 6) is -0.792. The van der Waals surface area contributed by atoms with E-state index in [-0.39, 0.29) is 5.69 Å². The number of amides is 1.